The molecule has 28 heavy (non-hydrogen) atoms. The number of alkyl halides is 1. The van der Waals surface area contributed by atoms with Gasteiger partial charge in [-0.3, -0.25) is 14.2 Å². The summed E-state index contributed by atoms with van der Waals surface area (Å²) >= 11 is 5.89. The van der Waals surface area contributed by atoms with Gasteiger partial charge in [-0.25, -0.2) is 9.20 Å². The number of esters is 2. The van der Waals surface area contributed by atoms with E-state index < -0.39 is 30.4 Å². The van der Waals surface area contributed by atoms with Gasteiger partial charge >= 0.3 is 17.6 Å². The highest BCUT2D eigenvalue weighted by molar-refractivity contribution is 6.18. The number of carbonyl (C=O) groups excluding carboxylic acids is 2. The Hall–Kier alpha value is -2.46. The number of aromatic nitrogens is 4. The first-order valence-electron chi connectivity index (χ1n) is 8.79. The molecule has 0 saturated carbocycles. The molecule has 0 aliphatic carbocycles. The van der Waals surface area contributed by atoms with E-state index in [2.05, 4.69) is 10.2 Å². The molecule has 0 radical (unpaired) electrons. The fraction of sp³-hybridized carbons (Fsp3) is 0.588. The molecule has 2 aromatic heterocycles. The first-order valence-corrected chi connectivity index (χ1v) is 9.33. The number of fused-ring (bicyclic) bond motifs is 1. The summed E-state index contributed by atoms with van der Waals surface area (Å²) in [5.41, 5.74) is 0.812. The highest BCUT2D eigenvalue weighted by Crippen LogP contribution is 2.31. The van der Waals surface area contributed by atoms with Gasteiger partial charge in [0.05, 0.1) is 0 Å². The zero-order valence-electron chi connectivity index (χ0n) is 15.8. The van der Waals surface area contributed by atoms with Crippen LogP contribution >= 0.6 is 11.6 Å². The standard InChI is InChI=1S/C17H21ClN4O6/c1-9-19-20-16-12(4-5-18)7-21(17(25)22(9)16)15-6-13(27-11(3)24)14(28-15)8-26-10(2)23/h7,13-15H,4-6,8H2,1-3H3/t13-,14+,15+/m0/s1. The van der Waals surface area contributed by atoms with Crippen molar-refractivity contribution in [2.45, 2.75) is 52.0 Å². The molecule has 0 unspecified atom stereocenters. The van der Waals surface area contributed by atoms with Gasteiger partial charge in [-0.05, 0) is 13.3 Å². The molecular weight excluding hydrogens is 392 g/mol. The van der Waals surface area contributed by atoms with E-state index in [0.29, 0.717) is 23.8 Å². The van der Waals surface area contributed by atoms with Gasteiger partial charge in [-0.1, -0.05) is 0 Å². The zero-order chi connectivity index (χ0) is 20.4. The highest BCUT2D eigenvalue weighted by Gasteiger charge is 2.40. The monoisotopic (exact) mass is 412 g/mol. The summed E-state index contributed by atoms with van der Waals surface area (Å²) in [5.74, 6) is -0.175. The van der Waals surface area contributed by atoms with Gasteiger partial charge < -0.3 is 14.2 Å². The second-order valence-electron chi connectivity index (χ2n) is 6.50. The molecule has 1 aliphatic heterocycles. The normalized spacial score (nSPS) is 21.8. The van der Waals surface area contributed by atoms with Gasteiger partial charge in [-0.15, -0.1) is 21.8 Å². The van der Waals surface area contributed by atoms with Crippen molar-refractivity contribution in [2.75, 3.05) is 12.5 Å². The maximum Gasteiger partial charge on any atom is 0.337 e. The van der Waals surface area contributed by atoms with E-state index >= 15 is 0 Å². The Labute approximate surface area is 165 Å². The molecule has 1 aliphatic rings. The van der Waals surface area contributed by atoms with Crippen molar-refractivity contribution in [2.24, 2.45) is 0 Å². The van der Waals surface area contributed by atoms with E-state index in [0.717, 1.165) is 5.56 Å². The number of halogens is 1. The molecular formula is C17H21ClN4O6. The lowest BCUT2D eigenvalue weighted by molar-refractivity contribution is -0.155. The van der Waals surface area contributed by atoms with Crippen molar-refractivity contribution in [1.82, 2.24) is 19.2 Å². The molecule has 1 saturated heterocycles. The van der Waals surface area contributed by atoms with E-state index in [1.165, 1.54) is 22.8 Å². The second kappa shape index (κ2) is 8.27. The quantitative estimate of drug-likeness (QED) is 0.504. The van der Waals surface area contributed by atoms with E-state index in [4.69, 9.17) is 25.8 Å². The Morgan fingerprint density at radius 3 is 2.71 bits per heavy atom. The Morgan fingerprint density at radius 2 is 2.07 bits per heavy atom. The zero-order valence-corrected chi connectivity index (χ0v) is 16.5. The van der Waals surface area contributed by atoms with Crippen LogP contribution in [0, 0.1) is 6.92 Å². The minimum atomic E-state index is -0.710. The number of nitrogens with zero attached hydrogens (tertiary/aromatic N) is 4. The number of rotatable bonds is 6. The molecule has 1 fully saturated rings. The van der Waals surface area contributed by atoms with Crippen molar-refractivity contribution in [3.63, 3.8) is 0 Å². The highest BCUT2D eigenvalue weighted by atomic mass is 35.5. The van der Waals surface area contributed by atoms with Crippen LogP contribution in [0.1, 0.15) is 37.9 Å². The summed E-state index contributed by atoms with van der Waals surface area (Å²) in [7, 11) is 0. The van der Waals surface area contributed by atoms with E-state index in [-0.39, 0.29) is 18.7 Å². The molecule has 10 nitrogen and oxygen atoms in total. The fourth-order valence-corrected chi connectivity index (χ4v) is 3.44. The van der Waals surface area contributed by atoms with Crippen LogP contribution in [-0.2, 0) is 30.2 Å². The molecule has 0 N–H and O–H groups in total. The Morgan fingerprint density at radius 1 is 1.32 bits per heavy atom. The molecule has 0 aromatic carbocycles. The average Bonchev–Trinajstić information content (AvgIpc) is 3.19. The number of aryl methyl sites for hydroxylation is 2. The number of carbonyl (C=O) groups is 2. The van der Waals surface area contributed by atoms with Crippen LogP contribution in [0.2, 0.25) is 0 Å². The number of ether oxygens (including phenoxy) is 3. The van der Waals surface area contributed by atoms with Crippen LogP contribution in [-0.4, -0.2) is 55.8 Å². The van der Waals surface area contributed by atoms with Crippen LogP contribution in [0.5, 0.6) is 0 Å². The topological polar surface area (TPSA) is 114 Å². The molecule has 0 spiro atoms. The first kappa shape index (κ1) is 20.3. The van der Waals surface area contributed by atoms with Gasteiger partial charge in [0.25, 0.3) is 0 Å². The molecule has 0 bridgehead atoms. The molecule has 3 rings (SSSR count). The summed E-state index contributed by atoms with van der Waals surface area (Å²) < 4.78 is 19.0. The average molecular weight is 413 g/mol. The smallest absolute Gasteiger partial charge is 0.337 e. The molecule has 152 valence electrons. The lowest BCUT2D eigenvalue weighted by atomic mass is 10.2. The number of hydrogen-bond donors (Lipinski definition) is 0. The van der Waals surface area contributed by atoms with Gasteiger partial charge in [0.15, 0.2) is 5.65 Å². The summed E-state index contributed by atoms with van der Waals surface area (Å²) in [6.07, 6.45) is 0.316. The maximum atomic E-state index is 13.0. The summed E-state index contributed by atoms with van der Waals surface area (Å²) in [6.45, 7) is 4.16. The summed E-state index contributed by atoms with van der Waals surface area (Å²) in [6, 6.07) is 0. The largest absolute Gasteiger partial charge is 0.463 e. The number of hydrogen-bond acceptors (Lipinski definition) is 8. The maximum absolute atomic E-state index is 13.0. The van der Waals surface area contributed by atoms with Crippen molar-refractivity contribution in [3.05, 3.63) is 28.1 Å². The van der Waals surface area contributed by atoms with Crippen LogP contribution in [0.25, 0.3) is 5.65 Å². The fourth-order valence-electron chi connectivity index (χ4n) is 3.24. The molecule has 11 heteroatoms. The van der Waals surface area contributed by atoms with E-state index in [9.17, 15) is 14.4 Å². The van der Waals surface area contributed by atoms with Crippen LogP contribution in [0.3, 0.4) is 0 Å². The van der Waals surface area contributed by atoms with Gasteiger partial charge in [0, 0.05) is 37.9 Å². The van der Waals surface area contributed by atoms with E-state index in [1.807, 2.05) is 0 Å². The van der Waals surface area contributed by atoms with Gasteiger partial charge in [0.2, 0.25) is 0 Å². The first-order chi connectivity index (χ1) is 13.3. The minimum Gasteiger partial charge on any atom is -0.463 e. The Balaban J connectivity index is 1.97. The lowest BCUT2D eigenvalue weighted by Crippen LogP contribution is -2.32. The third-order valence-electron chi connectivity index (χ3n) is 4.44. The SMILES string of the molecule is CC(=O)OC[C@H]1O[C@@H](n2cc(CCCl)c3nnc(C)n3c2=O)C[C@@H]1OC(C)=O. The van der Waals surface area contributed by atoms with Crippen molar-refractivity contribution in [1.29, 1.82) is 0 Å². The Bertz CT molecular complexity index is 955. The van der Waals surface area contributed by atoms with Crippen LogP contribution in [0.15, 0.2) is 11.0 Å². The molecule has 3 atom stereocenters. The summed E-state index contributed by atoms with van der Waals surface area (Å²) in [4.78, 5) is 35.6. The second-order valence-corrected chi connectivity index (χ2v) is 6.88. The summed E-state index contributed by atoms with van der Waals surface area (Å²) in [5, 5.41) is 8.03. The predicted octanol–water partition coefficient (Wildman–Crippen LogP) is 0.763. The van der Waals surface area contributed by atoms with Gasteiger partial charge in [-0.2, -0.15) is 0 Å². The predicted molar refractivity (Wildman–Crippen MR) is 97.1 cm³/mol. The molecule has 2 aromatic rings. The third-order valence-corrected chi connectivity index (χ3v) is 4.63. The molecule has 0 amide bonds. The van der Waals surface area contributed by atoms with Crippen LogP contribution < -0.4 is 5.69 Å². The van der Waals surface area contributed by atoms with Crippen molar-refractivity contribution < 1.29 is 23.8 Å². The molecule has 3 heterocycles. The van der Waals surface area contributed by atoms with Crippen molar-refractivity contribution in [3.8, 4) is 0 Å². The lowest BCUT2D eigenvalue weighted by Gasteiger charge is -2.18. The third kappa shape index (κ3) is 4.02. The Kier molecular flexibility index (Phi) is 5.99. The van der Waals surface area contributed by atoms with Crippen molar-refractivity contribution >= 4 is 29.2 Å². The van der Waals surface area contributed by atoms with E-state index in [1.54, 1.807) is 13.1 Å². The van der Waals surface area contributed by atoms with Gasteiger partial charge in [0.1, 0.15) is 30.9 Å². The minimum absolute atomic E-state index is 0.0824. The van der Waals surface area contributed by atoms with Crippen LogP contribution in [0.4, 0.5) is 0 Å².